The lowest BCUT2D eigenvalue weighted by Gasteiger charge is -2.39. The highest BCUT2D eigenvalue weighted by atomic mass is 79.9. The van der Waals surface area contributed by atoms with Crippen LogP contribution >= 0.6 is 15.9 Å². The Balaban J connectivity index is 2.33. The van der Waals surface area contributed by atoms with E-state index in [2.05, 4.69) is 29.8 Å². The fraction of sp³-hybridized carbons (Fsp3) is 0.643. The van der Waals surface area contributed by atoms with E-state index < -0.39 is 0 Å². The first kappa shape index (κ1) is 14.6. The van der Waals surface area contributed by atoms with E-state index in [1.807, 2.05) is 35.6 Å². The first-order chi connectivity index (χ1) is 8.91. The van der Waals surface area contributed by atoms with Crippen molar-refractivity contribution in [3.8, 4) is 0 Å². The standard InChI is InChI=1S/C14H21BrN2O2/c1-9(2)16-6-12(15)5-13(16)14(18)17-10(3)7-19-8-11(17)4/h5-6,9-11H,7-8H2,1-4H3/t10-,11+. The van der Waals surface area contributed by atoms with E-state index in [0.717, 1.165) is 10.2 Å². The topological polar surface area (TPSA) is 34.5 Å². The lowest BCUT2D eigenvalue weighted by Crippen LogP contribution is -2.52. The Morgan fingerprint density at radius 1 is 1.37 bits per heavy atom. The molecule has 1 aliphatic rings. The first-order valence-corrected chi connectivity index (χ1v) is 7.49. The molecule has 0 spiro atoms. The SMILES string of the molecule is CC(C)n1cc(Br)cc1C(=O)N1[C@H](C)COC[C@@H]1C. The molecule has 0 radical (unpaired) electrons. The van der Waals surface area contributed by atoms with Gasteiger partial charge in [0.05, 0.1) is 25.3 Å². The third-order valence-electron chi connectivity index (χ3n) is 3.49. The molecule has 106 valence electrons. The van der Waals surface area contributed by atoms with Gasteiger partial charge in [0, 0.05) is 16.7 Å². The molecule has 5 heteroatoms. The Kier molecular flexibility index (Phi) is 4.36. The van der Waals surface area contributed by atoms with Crippen molar-refractivity contribution in [3.05, 3.63) is 22.4 Å². The second-order valence-corrected chi connectivity index (χ2v) is 6.41. The molecule has 4 nitrogen and oxygen atoms in total. The Morgan fingerprint density at radius 3 is 2.47 bits per heavy atom. The van der Waals surface area contributed by atoms with Crippen molar-refractivity contribution in [1.29, 1.82) is 0 Å². The van der Waals surface area contributed by atoms with E-state index in [4.69, 9.17) is 4.74 Å². The van der Waals surface area contributed by atoms with Gasteiger partial charge in [-0.2, -0.15) is 0 Å². The lowest BCUT2D eigenvalue weighted by molar-refractivity contribution is -0.0254. The fourth-order valence-corrected chi connectivity index (χ4v) is 3.02. The number of rotatable bonds is 2. The van der Waals surface area contributed by atoms with Gasteiger partial charge in [-0.05, 0) is 49.7 Å². The molecule has 0 aromatic carbocycles. The molecule has 1 aromatic rings. The maximum Gasteiger partial charge on any atom is 0.271 e. The summed E-state index contributed by atoms with van der Waals surface area (Å²) in [6.45, 7) is 9.45. The van der Waals surface area contributed by atoms with Gasteiger partial charge in [-0.1, -0.05) is 0 Å². The number of carbonyl (C=O) groups is 1. The summed E-state index contributed by atoms with van der Waals surface area (Å²) < 4.78 is 8.44. The van der Waals surface area contributed by atoms with Gasteiger partial charge in [0.15, 0.2) is 0 Å². The summed E-state index contributed by atoms with van der Waals surface area (Å²) in [5, 5.41) is 0. The van der Waals surface area contributed by atoms with E-state index in [1.54, 1.807) is 0 Å². The molecule has 0 bridgehead atoms. The lowest BCUT2D eigenvalue weighted by atomic mass is 10.1. The van der Waals surface area contributed by atoms with Crippen molar-refractivity contribution in [2.24, 2.45) is 0 Å². The van der Waals surface area contributed by atoms with Crippen LogP contribution in [0.1, 0.15) is 44.2 Å². The zero-order valence-corrected chi connectivity index (χ0v) is 13.5. The average molecular weight is 329 g/mol. The van der Waals surface area contributed by atoms with E-state index in [0.29, 0.717) is 13.2 Å². The highest BCUT2D eigenvalue weighted by Gasteiger charge is 2.32. The maximum absolute atomic E-state index is 12.8. The van der Waals surface area contributed by atoms with E-state index in [1.165, 1.54) is 0 Å². The zero-order valence-electron chi connectivity index (χ0n) is 11.9. The fourth-order valence-electron chi connectivity index (χ4n) is 2.58. The van der Waals surface area contributed by atoms with Crippen LogP contribution in [0.5, 0.6) is 0 Å². The molecule has 0 saturated carbocycles. The minimum absolute atomic E-state index is 0.0858. The molecule has 1 aliphatic heterocycles. The number of hydrogen-bond acceptors (Lipinski definition) is 2. The smallest absolute Gasteiger partial charge is 0.271 e. The summed E-state index contributed by atoms with van der Waals surface area (Å²) >= 11 is 3.46. The van der Waals surface area contributed by atoms with Crippen LogP contribution in [0, 0.1) is 0 Å². The summed E-state index contributed by atoms with van der Waals surface area (Å²) in [5.41, 5.74) is 0.738. The van der Waals surface area contributed by atoms with Crippen LogP contribution in [-0.4, -0.2) is 40.7 Å². The van der Waals surface area contributed by atoms with Crippen LogP contribution in [0.15, 0.2) is 16.7 Å². The van der Waals surface area contributed by atoms with E-state index in [9.17, 15) is 4.79 Å². The molecular weight excluding hydrogens is 308 g/mol. The molecule has 1 amide bonds. The highest BCUT2D eigenvalue weighted by molar-refractivity contribution is 9.10. The van der Waals surface area contributed by atoms with Crippen molar-refractivity contribution in [2.75, 3.05) is 13.2 Å². The summed E-state index contributed by atoms with van der Waals surface area (Å²) in [5.74, 6) is 0.0858. The van der Waals surface area contributed by atoms with Gasteiger partial charge in [-0.3, -0.25) is 4.79 Å². The van der Waals surface area contributed by atoms with Crippen LogP contribution in [-0.2, 0) is 4.74 Å². The van der Waals surface area contributed by atoms with Gasteiger partial charge in [0.25, 0.3) is 5.91 Å². The Bertz CT molecular complexity index is 460. The number of ether oxygens (including phenoxy) is 1. The Hall–Kier alpha value is -0.810. The number of halogens is 1. The molecule has 0 N–H and O–H groups in total. The third-order valence-corrected chi connectivity index (χ3v) is 3.93. The van der Waals surface area contributed by atoms with Gasteiger partial charge in [-0.15, -0.1) is 0 Å². The molecule has 2 heterocycles. The van der Waals surface area contributed by atoms with Crippen LogP contribution in [0.4, 0.5) is 0 Å². The molecule has 0 aliphatic carbocycles. The highest BCUT2D eigenvalue weighted by Crippen LogP contribution is 2.23. The van der Waals surface area contributed by atoms with Crippen LogP contribution in [0.2, 0.25) is 0 Å². The minimum Gasteiger partial charge on any atom is -0.377 e. The largest absolute Gasteiger partial charge is 0.377 e. The number of morpholine rings is 1. The van der Waals surface area contributed by atoms with Gasteiger partial charge in [-0.25, -0.2) is 0 Å². The number of hydrogen-bond donors (Lipinski definition) is 0. The molecular formula is C14H21BrN2O2. The van der Waals surface area contributed by atoms with Gasteiger partial charge in [0.2, 0.25) is 0 Å². The van der Waals surface area contributed by atoms with Crippen LogP contribution < -0.4 is 0 Å². The number of amides is 1. The Labute approximate surface area is 122 Å². The molecule has 1 saturated heterocycles. The van der Waals surface area contributed by atoms with Gasteiger partial charge >= 0.3 is 0 Å². The predicted octanol–water partition coefficient (Wildman–Crippen LogP) is 3.08. The van der Waals surface area contributed by atoms with Crippen LogP contribution in [0.25, 0.3) is 0 Å². The summed E-state index contributed by atoms with van der Waals surface area (Å²) in [4.78, 5) is 14.7. The maximum atomic E-state index is 12.8. The molecule has 19 heavy (non-hydrogen) atoms. The second-order valence-electron chi connectivity index (χ2n) is 5.49. The van der Waals surface area contributed by atoms with Crippen molar-refractivity contribution >= 4 is 21.8 Å². The molecule has 2 atom stereocenters. The molecule has 1 fully saturated rings. The van der Waals surface area contributed by atoms with Gasteiger partial charge in [0.1, 0.15) is 5.69 Å². The first-order valence-electron chi connectivity index (χ1n) is 6.69. The Morgan fingerprint density at radius 2 is 1.95 bits per heavy atom. The van der Waals surface area contributed by atoms with Crippen LogP contribution in [0.3, 0.4) is 0 Å². The molecule has 2 rings (SSSR count). The average Bonchev–Trinajstić information content (AvgIpc) is 2.71. The molecule has 0 unspecified atom stereocenters. The summed E-state index contributed by atoms with van der Waals surface area (Å²) in [6.07, 6.45) is 1.97. The van der Waals surface area contributed by atoms with Gasteiger partial charge < -0.3 is 14.2 Å². The van der Waals surface area contributed by atoms with Crippen molar-refractivity contribution in [3.63, 3.8) is 0 Å². The van der Waals surface area contributed by atoms with Crippen molar-refractivity contribution in [2.45, 2.75) is 45.8 Å². The summed E-state index contributed by atoms with van der Waals surface area (Å²) in [6, 6.07) is 2.39. The second kappa shape index (κ2) is 5.67. The summed E-state index contributed by atoms with van der Waals surface area (Å²) in [7, 11) is 0. The third kappa shape index (κ3) is 2.87. The number of nitrogens with zero attached hydrogens (tertiary/aromatic N) is 2. The quantitative estimate of drug-likeness (QED) is 0.836. The molecule has 1 aromatic heterocycles. The minimum atomic E-state index is 0.0858. The normalized spacial score (nSPS) is 24.0. The zero-order chi connectivity index (χ0) is 14.2. The number of carbonyl (C=O) groups excluding carboxylic acids is 1. The predicted molar refractivity (Wildman–Crippen MR) is 78.4 cm³/mol. The number of aromatic nitrogens is 1. The van der Waals surface area contributed by atoms with Crippen molar-refractivity contribution in [1.82, 2.24) is 9.47 Å². The van der Waals surface area contributed by atoms with E-state index in [-0.39, 0.29) is 24.0 Å². The van der Waals surface area contributed by atoms with Crippen molar-refractivity contribution < 1.29 is 9.53 Å². The van der Waals surface area contributed by atoms with E-state index >= 15 is 0 Å². The monoisotopic (exact) mass is 328 g/mol.